The molecule has 0 radical (unpaired) electrons. The van der Waals surface area contributed by atoms with Crippen molar-refractivity contribution < 1.29 is 57.1 Å². The van der Waals surface area contributed by atoms with Gasteiger partial charge in [0.2, 0.25) is 0 Å². The molecule has 8 fully saturated rings. The number of fused-ring (bicyclic) bond motifs is 2. The number of hydrogen-bond acceptors (Lipinski definition) is 12. The standard InChI is InChI=1S/2C14H22N4O6/c1-21-7-17-11-12(16(13(17)19)4-10-6-24-10)18(8-22-2)14(20)15(11)3-9-5-23-9;1-21-7-17-11-12(18(8-22-2)14(17)20)16(4-10-6-24-10)13(19)15(11)3-9-5-23-9/h2*9-12H,3-8H2,1-2H3. The fourth-order valence-electron chi connectivity index (χ4n) is 6.92. The van der Waals surface area contributed by atoms with Crippen molar-refractivity contribution in [2.75, 3.05) is 108 Å². The number of urea groups is 4. The largest absolute Gasteiger partial charge is 0.371 e. The van der Waals surface area contributed by atoms with Gasteiger partial charge in [-0.3, -0.25) is 39.2 Å². The van der Waals surface area contributed by atoms with Gasteiger partial charge in [0.1, 0.15) is 26.9 Å². The van der Waals surface area contributed by atoms with Gasteiger partial charge in [-0.2, -0.15) is 0 Å². The zero-order chi connectivity index (χ0) is 33.7. The van der Waals surface area contributed by atoms with E-state index in [1.807, 2.05) is 0 Å². The number of amides is 8. The van der Waals surface area contributed by atoms with Crippen molar-refractivity contribution in [2.24, 2.45) is 0 Å². The first-order valence-electron chi connectivity index (χ1n) is 16.0. The van der Waals surface area contributed by atoms with Gasteiger partial charge in [0.25, 0.3) is 0 Å². The van der Waals surface area contributed by atoms with Crippen LogP contribution in [0.4, 0.5) is 19.2 Å². The molecule has 48 heavy (non-hydrogen) atoms. The molecule has 0 saturated carbocycles. The van der Waals surface area contributed by atoms with Gasteiger partial charge in [-0.05, 0) is 0 Å². The fourth-order valence-corrected chi connectivity index (χ4v) is 6.92. The Hall–Kier alpha value is -3.24. The monoisotopic (exact) mass is 684 g/mol. The highest BCUT2D eigenvalue weighted by Crippen LogP contribution is 2.38. The van der Waals surface area contributed by atoms with Crippen molar-refractivity contribution in [1.82, 2.24) is 39.2 Å². The Morgan fingerprint density at radius 1 is 0.417 bits per heavy atom. The smallest absolute Gasteiger partial charge is 0.327 e. The van der Waals surface area contributed by atoms with Gasteiger partial charge in [0.05, 0.1) is 77.0 Å². The second-order valence-electron chi connectivity index (χ2n) is 12.8. The van der Waals surface area contributed by atoms with Crippen LogP contribution in [0.1, 0.15) is 0 Å². The third-order valence-electron chi connectivity index (χ3n) is 9.34. The molecule has 0 aliphatic carbocycles. The van der Waals surface area contributed by atoms with E-state index in [1.165, 1.54) is 28.4 Å². The summed E-state index contributed by atoms with van der Waals surface area (Å²) >= 11 is 0. The van der Waals surface area contributed by atoms with Crippen LogP contribution in [0.2, 0.25) is 0 Å². The average Bonchev–Trinajstić information content (AvgIpc) is 3.88. The molecule has 8 atom stereocenters. The van der Waals surface area contributed by atoms with Crippen molar-refractivity contribution in [2.45, 2.75) is 49.1 Å². The summed E-state index contributed by atoms with van der Waals surface area (Å²) in [5, 5.41) is 0. The van der Waals surface area contributed by atoms with E-state index in [0.29, 0.717) is 52.6 Å². The molecule has 0 aromatic carbocycles. The fraction of sp³-hybridized carbons (Fsp3) is 0.857. The molecule has 8 saturated heterocycles. The number of methoxy groups -OCH3 is 4. The Balaban J connectivity index is 0.000000152. The average molecular weight is 685 g/mol. The zero-order valence-corrected chi connectivity index (χ0v) is 27.6. The Labute approximate surface area is 277 Å². The summed E-state index contributed by atoms with van der Waals surface area (Å²) < 4.78 is 41.9. The summed E-state index contributed by atoms with van der Waals surface area (Å²) in [6.45, 7) is 4.91. The second kappa shape index (κ2) is 13.6. The van der Waals surface area contributed by atoms with E-state index in [2.05, 4.69) is 0 Å². The maximum absolute atomic E-state index is 12.9. The van der Waals surface area contributed by atoms with Crippen LogP contribution in [0, 0.1) is 0 Å². The van der Waals surface area contributed by atoms with Crippen LogP contribution in [0.5, 0.6) is 0 Å². The molecule has 268 valence electrons. The molecular formula is C28H44N8O12. The van der Waals surface area contributed by atoms with Crippen LogP contribution in [0.3, 0.4) is 0 Å². The summed E-state index contributed by atoms with van der Waals surface area (Å²) in [6.07, 6.45) is -1.49. The molecule has 8 heterocycles. The van der Waals surface area contributed by atoms with Gasteiger partial charge < -0.3 is 37.9 Å². The van der Waals surface area contributed by atoms with Gasteiger partial charge in [0.15, 0.2) is 24.7 Å². The topological polar surface area (TPSA) is 181 Å². The number of carbonyl (C=O) groups excluding carboxylic acids is 4. The van der Waals surface area contributed by atoms with Crippen LogP contribution >= 0.6 is 0 Å². The number of nitrogens with zero attached hydrogens (tertiary/aromatic N) is 8. The Morgan fingerprint density at radius 3 is 0.792 bits per heavy atom. The third kappa shape index (κ3) is 6.30. The highest BCUT2D eigenvalue weighted by molar-refractivity contribution is 5.86. The Morgan fingerprint density at radius 2 is 0.604 bits per heavy atom. The summed E-state index contributed by atoms with van der Waals surface area (Å²) in [7, 11) is 6.13. The van der Waals surface area contributed by atoms with Crippen molar-refractivity contribution >= 4 is 24.1 Å². The number of epoxide rings is 4. The van der Waals surface area contributed by atoms with Crippen molar-refractivity contribution in [3.63, 3.8) is 0 Å². The zero-order valence-electron chi connectivity index (χ0n) is 27.6. The van der Waals surface area contributed by atoms with E-state index in [1.54, 1.807) is 39.2 Å². The summed E-state index contributed by atoms with van der Waals surface area (Å²) in [6, 6.07) is -0.620. The minimum absolute atomic E-state index is 0.0393. The summed E-state index contributed by atoms with van der Waals surface area (Å²) in [5.41, 5.74) is 0. The predicted octanol–water partition coefficient (Wildman–Crippen LogP) is -1.76. The van der Waals surface area contributed by atoms with Crippen molar-refractivity contribution in [3.8, 4) is 0 Å². The normalized spacial score (nSPS) is 34.4. The first kappa shape index (κ1) is 33.3. The molecule has 8 rings (SSSR count). The molecule has 20 nitrogen and oxygen atoms in total. The van der Waals surface area contributed by atoms with Gasteiger partial charge in [0, 0.05) is 28.4 Å². The van der Waals surface area contributed by atoms with Gasteiger partial charge in [-0.15, -0.1) is 0 Å². The molecule has 0 N–H and O–H groups in total. The molecule has 0 aromatic rings. The minimum Gasteiger partial charge on any atom is -0.371 e. The number of rotatable bonds is 16. The summed E-state index contributed by atoms with van der Waals surface area (Å²) in [5.74, 6) is 0. The first-order valence-corrected chi connectivity index (χ1v) is 16.0. The van der Waals surface area contributed by atoms with Crippen LogP contribution in [-0.4, -0.2) is 220 Å². The van der Waals surface area contributed by atoms with Crippen molar-refractivity contribution in [1.29, 1.82) is 0 Å². The lowest BCUT2D eigenvalue weighted by Gasteiger charge is -2.28. The summed E-state index contributed by atoms with van der Waals surface area (Å²) in [4.78, 5) is 64.5. The lowest BCUT2D eigenvalue weighted by Crippen LogP contribution is -2.49. The number of ether oxygens (including phenoxy) is 8. The van der Waals surface area contributed by atoms with E-state index < -0.39 is 24.7 Å². The predicted molar refractivity (Wildman–Crippen MR) is 157 cm³/mol. The molecule has 8 amide bonds. The van der Waals surface area contributed by atoms with E-state index in [-0.39, 0.29) is 75.5 Å². The van der Waals surface area contributed by atoms with E-state index in [0.717, 1.165) is 0 Å². The molecule has 8 aliphatic heterocycles. The Kier molecular flexibility index (Phi) is 9.41. The number of hydrogen-bond donors (Lipinski definition) is 0. The quantitative estimate of drug-likeness (QED) is 0.167. The van der Waals surface area contributed by atoms with E-state index in [9.17, 15) is 19.2 Å². The van der Waals surface area contributed by atoms with Crippen LogP contribution in [0.15, 0.2) is 0 Å². The van der Waals surface area contributed by atoms with Crippen LogP contribution < -0.4 is 0 Å². The van der Waals surface area contributed by atoms with Gasteiger partial charge in [-0.25, -0.2) is 19.2 Å². The van der Waals surface area contributed by atoms with E-state index >= 15 is 0 Å². The highest BCUT2D eigenvalue weighted by Gasteiger charge is 2.62. The molecule has 20 heteroatoms. The maximum atomic E-state index is 12.9. The maximum Gasteiger partial charge on any atom is 0.327 e. The molecule has 0 spiro atoms. The Bertz CT molecular complexity index is 1150. The third-order valence-corrected chi connectivity index (χ3v) is 9.34. The molecule has 8 aliphatic rings. The highest BCUT2D eigenvalue weighted by atomic mass is 16.6. The second-order valence-corrected chi connectivity index (χ2v) is 12.8. The van der Waals surface area contributed by atoms with Gasteiger partial charge in [-0.1, -0.05) is 0 Å². The lowest BCUT2D eigenvalue weighted by atomic mass is 10.3. The SMILES string of the molecule is COCN1C(=O)N(CC2CO2)C2C1N(CC1CO1)C(=O)N2COC.COCN1C(=O)N(COC)C2C1N(CC1CO1)C(=O)N2CC1CO1. The number of carbonyl (C=O) groups is 4. The van der Waals surface area contributed by atoms with Crippen molar-refractivity contribution in [3.05, 3.63) is 0 Å². The lowest BCUT2D eigenvalue weighted by molar-refractivity contribution is 0.0209. The van der Waals surface area contributed by atoms with E-state index in [4.69, 9.17) is 37.9 Å². The molecular weight excluding hydrogens is 640 g/mol. The van der Waals surface area contributed by atoms with Crippen LogP contribution in [-0.2, 0) is 37.9 Å². The molecule has 8 unspecified atom stereocenters. The molecule has 0 aromatic heterocycles. The minimum atomic E-state index is -0.414. The molecule has 0 bridgehead atoms. The van der Waals surface area contributed by atoms with Gasteiger partial charge >= 0.3 is 24.1 Å². The van der Waals surface area contributed by atoms with Crippen LogP contribution in [0.25, 0.3) is 0 Å². The first-order chi connectivity index (χ1) is 23.3.